The molecule has 3 atom stereocenters. The summed E-state index contributed by atoms with van der Waals surface area (Å²) in [4.78, 5) is 0. The lowest BCUT2D eigenvalue weighted by molar-refractivity contribution is 0.134. The summed E-state index contributed by atoms with van der Waals surface area (Å²) < 4.78 is 0. The third kappa shape index (κ3) is 2.45. The van der Waals surface area contributed by atoms with Gasteiger partial charge in [-0.2, -0.15) is 0 Å². The van der Waals surface area contributed by atoms with Crippen LogP contribution in [0.15, 0.2) is 0 Å². The molecule has 1 heteroatoms. The van der Waals surface area contributed by atoms with E-state index in [0.717, 1.165) is 24.3 Å². The van der Waals surface area contributed by atoms with E-state index in [-0.39, 0.29) is 0 Å². The lowest BCUT2D eigenvalue weighted by atomic mass is 9.69. The molecule has 2 aliphatic carbocycles. The first-order chi connectivity index (χ1) is 7.66. The zero-order valence-electron chi connectivity index (χ0n) is 11.4. The highest BCUT2D eigenvalue weighted by Gasteiger charge is 2.49. The molecular weight excluding hydrogens is 194 g/mol. The first-order valence-electron chi connectivity index (χ1n) is 7.37. The van der Waals surface area contributed by atoms with Crippen LogP contribution in [-0.4, -0.2) is 13.1 Å². The second-order valence-electron chi connectivity index (χ2n) is 6.66. The van der Waals surface area contributed by atoms with E-state index in [1.165, 1.54) is 38.6 Å². The zero-order valence-corrected chi connectivity index (χ0v) is 11.4. The maximum absolute atomic E-state index is 3.64. The Bertz CT molecular complexity index is 223. The van der Waals surface area contributed by atoms with Gasteiger partial charge in [0, 0.05) is 6.54 Å². The van der Waals surface area contributed by atoms with Crippen molar-refractivity contribution in [3.63, 3.8) is 0 Å². The average Bonchev–Trinajstić information content (AvgIpc) is 2.84. The maximum atomic E-state index is 3.64. The molecule has 1 N–H and O–H groups in total. The molecule has 2 saturated carbocycles. The van der Waals surface area contributed by atoms with Crippen LogP contribution in [0, 0.1) is 23.2 Å². The second-order valence-corrected chi connectivity index (χ2v) is 6.66. The molecule has 2 aliphatic rings. The lowest BCUT2D eigenvalue weighted by Gasteiger charge is -2.39. The quantitative estimate of drug-likeness (QED) is 0.721. The Morgan fingerprint density at radius 1 is 1.31 bits per heavy atom. The highest BCUT2D eigenvalue weighted by Crippen LogP contribution is 2.57. The molecule has 0 radical (unpaired) electrons. The van der Waals surface area contributed by atoms with Crippen molar-refractivity contribution >= 4 is 0 Å². The largest absolute Gasteiger partial charge is 0.316 e. The molecule has 0 spiro atoms. The van der Waals surface area contributed by atoms with Crippen molar-refractivity contribution in [3.05, 3.63) is 0 Å². The summed E-state index contributed by atoms with van der Waals surface area (Å²) in [6.45, 7) is 9.41. The van der Waals surface area contributed by atoms with Gasteiger partial charge < -0.3 is 5.32 Å². The van der Waals surface area contributed by atoms with Gasteiger partial charge in [-0.25, -0.2) is 0 Å². The zero-order chi connectivity index (χ0) is 11.6. The monoisotopic (exact) mass is 223 g/mol. The molecule has 94 valence electrons. The number of nitrogens with one attached hydrogen (secondary N) is 1. The highest BCUT2D eigenvalue weighted by atomic mass is 14.9. The molecule has 0 aromatic rings. The van der Waals surface area contributed by atoms with E-state index in [1.807, 2.05) is 0 Å². The lowest BCUT2D eigenvalue weighted by Crippen LogP contribution is -2.39. The first-order valence-corrected chi connectivity index (χ1v) is 7.37. The van der Waals surface area contributed by atoms with E-state index in [1.54, 1.807) is 6.42 Å². The SMILES string of the molecule is CCNCC1(CCC(C)C)CC2CCC1C2. The molecule has 2 bridgehead atoms. The molecule has 0 aromatic heterocycles. The second kappa shape index (κ2) is 5.08. The van der Waals surface area contributed by atoms with Gasteiger partial charge in [-0.15, -0.1) is 0 Å². The maximum Gasteiger partial charge on any atom is 0.00105 e. The number of rotatable bonds is 6. The molecule has 2 rings (SSSR count). The Balaban J connectivity index is 1.96. The summed E-state index contributed by atoms with van der Waals surface area (Å²) in [7, 11) is 0. The van der Waals surface area contributed by atoms with E-state index >= 15 is 0 Å². The molecule has 2 fully saturated rings. The van der Waals surface area contributed by atoms with Crippen molar-refractivity contribution in [3.8, 4) is 0 Å². The minimum atomic E-state index is 0.684. The first kappa shape index (κ1) is 12.4. The molecule has 3 unspecified atom stereocenters. The Morgan fingerprint density at radius 3 is 2.62 bits per heavy atom. The van der Waals surface area contributed by atoms with E-state index < -0.39 is 0 Å². The number of hydrogen-bond donors (Lipinski definition) is 1. The topological polar surface area (TPSA) is 12.0 Å². The smallest absolute Gasteiger partial charge is 0.00105 e. The van der Waals surface area contributed by atoms with Crippen LogP contribution < -0.4 is 5.32 Å². The van der Waals surface area contributed by atoms with Gasteiger partial charge >= 0.3 is 0 Å². The van der Waals surface area contributed by atoms with Crippen LogP contribution in [0.2, 0.25) is 0 Å². The minimum absolute atomic E-state index is 0.684. The molecule has 0 aromatic carbocycles. The molecular formula is C15H29N. The highest BCUT2D eigenvalue weighted by molar-refractivity contribution is 5.01. The third-order valence-corrected chi connectivity index (χ3v) is 5.05. The van der Waals surface area contributed by atoms with E-state index in [0.29, 0.717) is 5.41 Å². The van der Waals surface area contributed by atoms with Gasteiger partial charge in [0.2, 0.25) is 0 Å². The van der Waals surface area contributed by atoms with Crippen molar-refractivity contribution in [2.24, 2.45) is 23.2 Å². The Hall–Kier alpha value is -0.0400. The number of fused-ring (bicyclic) bond motifs is 2. The van der Waals surface area contributed by atoms with Gasteiger partial charge in [0.05, 0.1) is 0 Å². The van der Waals surface area contributed by atoms with Gasteiger partial charge in [-0.05, 0) is 55.4 Å². The van der Waals surface area contributed by atoms with Crippen molar-refractivity contribution in [2.75, 3.05) is 13.1 Å². The van der Waals surface area contributed by atoms with Gasteiger partial charge in [-0.3, -0.25) is 0 Å². The Morgan fingerprint density at radius 2 is 2.12 bits per heavy atom. The van der Waals surface area contributed by atoms with E-state index in [2.05, 4.69) is 26.1 Å². The van der Waals surface area contributed by atoms with Crippen LogP contribution in [0.5, 0.6) is 0 Å². The van der Waals surface area contributed by atoms with Crippen LogP contribution in [-0.2, 0) is 0 Å². The van der Waals surface area contributed by atoms with Crippen LogP contribution in [0.25, 0.3) is 0 Å². The molecule has 16 heavy (non-hydrogen) atoms. The summed E-state index contributed by atoms with van der Waals surface area (Å²) in [5, 5.41) is 3.64. The predicted octanol–water partition coefficient (Wildman–Crippen LogP) is 3.84. The van der Waals surface area contributed by atoms with Crippen LogP contribution in [0.4, 0.5) is 0 Å². The average molecular weight is 223 g/mol. The van der Waals surface area contributed by atoms with Gasteiger partial charge in [0.1, 0.15) is 0 Å². The van der Waals surface area contributed by atoms with Crippen molar-refractivity contribution in [2.45, 2.75) is 59.3 Å². The normalized spacial score (nSPS) is 37.5. The summed E-state index contributed by atoms with van der Waals surface area (Å²) in [5.74, 6) is 3.00. The van der Waals surface area contributed by atoms with E-state index in [4.69, 9.17) is 0 Å². The summed E-state index contributed by atoms with van der Waals surface area (Å²) in [6.07, 6.45) is 9.02. The predicted molar refractivity (Wildman–Crippen MR) is 70.5 cm³/mol. The van der Waals surface area contributed by atoms with Gasteiger partial charge in [0.25, 0.3) is 0 Å². The fourth-order valence-corrected chi connectivity index (χ4v) is 4.12. The molecule has 0 saturated heterocycles. The van der Waals surface area contributed by atoms with Gasteiger partial charge in [0.15, 0.2) is 0 Å². The van der Waals surface area contributed by atoms with Crippen LogP contribution >= 0.6 is 0 Å². The number of hydrogen-bond acceptors (Lipinski definition) is 1. The molecule has 0 aliphatic heterocycles. The summed E-state index contributed by atoms with van der Waals surface area (Å²) >= 11 is 0. The van der Waals surface area contributed by atoms with Crippen molar-refractivity contribution in [1.29, 1.82) is 0 Å². The minimum Gasteiger partial charge on any atom is -0.316 e. The summed E-state index contributed by atoms with van der Waals surface area (Å²) in [5.41, 5.74) is 0.684. The fourth-order valence-electron chi connectivity index (χ4n) is 4.12. The van der Waals surface area contributed by atoms with Crippen LogP contribution in [0.3, 0.4) is 0 Å². The van der Waals surface area contributed by atoms with Gasteiger partial charge in [-0.1, -0.05) is 33.6 Å². The van der Waals surface area contributed by atoms with Crippen molar-refractivity contribution < 1.29 is 0 Å². The van der Waals surface area contributed by atoms with Crippen molar-refractivity contribution in [1.82, 2.24) is 5.32 Å². The Labute approximate surface area is 101 Å². The molecule has 1 nitrogen and oxygen atoms in total. The van der Waals surface area contributed by atoms with E-state index in [9.17, 15) is 0 Å². The molecule has 0 amide bonds. The Kier molecular flexibility index (Phi) is 3.94. The summed E-state index contributed by atoms with van der Waals surface area (Å²) in [6, 6.07) is 0. The standard InChI is InChI=1S/C15H29N/c1-4-16-11-15(8-7-12(2)3)10-13-5-6-14(15)9-13/h12-14,16H,4-11H2,1-3H3. The fraction of sp³-hybridized carbons (Fsp3) is 1.00. The van der Waals surface area contributed by atoms with Crippen LogP contribution in [0.1, 0.15) is 59.3 Å². The third-order valence-electron chi connectivity index (χ3n) is 5.05. The molecule has 0 heterocycles.